The largest absolute Gasteiger partial charge is 0.362 e. The van der Waals surface area contributed by atoms with Gasteiger partial charge in [0, 0.05) is 25.0 Å². The number of amides is 1. The Kier molecular flexibility index (Phi) is 3.95. The molecule has 3 heteroatoms. The number of hydrogen-bond donors (Lipinski definition) is 1. The van der Waals surface area contributed by atoms with E-state index in [1.54, 1.807) is 4.90 Å². The maximum atomic E-state index is 12.0. The van der Waals surface area contributed by atoms with Crippen molar-refractivity contribution in [3.8, 4) is 0 Å². The quantitative estimate of drug-likeness (QED) is 0.810. The van der Waals surface area contributed by atoms with Crippen LogP contribution in [0.15, 0.2) is 6.07 Å². The van der Waals surface area contributed by atoms with Crippen molar-refractivity contribution in [2.45, 2.75) is 33.6 Å². The van der Waals surface area contributed by atoms with Gasteiger partial charge in [0.05, 0.1) is 5.56 Å². The van der Waals surface area contributed by atoms with Crippen molar-refractivity contribution >= 4 is 5.91 Å². The van der Waals surface area contributed by atoms with Crippen LogP contribution in [-0.4, -0.2) is 29.4 Å². The molecule has 0 aromatic carbocycles. The summed E-state index contributed by atoms with van der Waals surface area (Å²) in [7, 11) is 1.86. The minimum Gasteiger partial charge on any atom is -0.362 e. The number of H-pyrrole nitrogens is 1. The van der Waals surface area contributed by atoms with E-state index < -0.39 is 0 Å². The lowest BCUT2D eigenvalue weighted by Crippen LogP contribution is -2.27. The first-order chi connectivity index (χ1) is 7.06. The number of carbonyl (C=O) groups excluding carboxylic acids is 1. The van der Waals surface area contributed by atoms with Gasteiger partial charge in [-0.25, -0.2) is 0 Å². The van der Waals surface area contributed by atoms with E-state index in [0.717, 1.165) is 36.3 Å². The Morgan fingerprint density at radius 1 is 1.47 bits per heavy atom. The third-order valence-electron chi connectivity index (χ3n) is 2.57. The number of nitrogens with one attached hydrogen (secondary N) is 1. The number of rotatable bonds is 4. The monoisotopic (exact) mass is 208 g/mol. The molecule has 0 spiro atoms. The number of aromatic nitrogens is 1. The molecule has 1 aromatic heterocycles. The van der Waals surface area contributed by atoms with E-state index in [-0.39, 0.29) is 5.91 Å². The fourth-order valence-corrected chi connectivity index (χ4v) is 1.65. The van der Waals surface area contributed by atoms with Crippen LogP contribution in [0.1, 0.15) is 41.5 Å². The second-order valence-corrected chi connectivity index (χ2v) is 4.07. The second kappa shape index (κ2) is 5.01. The van der Waals surface area contributed by atoms with E-state index in [4.69, 9.17) is 0 Å². The normalized spacial score (nSPS) is 10.4. The highest BCUT2D eigenvalue weighted by Gasteiger charge is 2.15. The fraction of sp³-hybridized carbons (Fsp3) is 0.583. The molecule has 3 nitrogen and oxygen atoms in total. The molecule has 0 bridgehead atoms. The van der Waals surface area contributed by atoms with Gasteiger partial charge >= 0.3 is 0 Å². The lowest BCUT2D eigenvalue weighted by Gasteiger charge is -2.16. The number of carbonyl (C=O) groups is 1. The Morgan fingerprint density at radius 3 is 2.60 bits per heavy atom. The highest BCUT2D eigenvalue weighted by atomic mass is 16.2. The van der Waals surface area contributed by atoms with Crippen LogP contribution in [0.2, 0.25) is 0 Å². The first kappa shape index (κ1) is 11.8. The van der Waals surface area contributed by atoms with Crippen molar-refractivity contribution in [1.82, 2.24) is 9.88 Å². The maximum Gasteiger partial charge on any atom is 0.255 e. The van der Waals surface area contributed by atoms with Gasteiger partial charge in [-0.15, -0.1) is 0 Å². The number of nitrogens with zero attached hydrogens (tertiary/aromatic N) is 1. The summed E-state index contributed by atoms with van der Waals surface area (Å²) in [5.74, 6) is 0.116. The van der Waals surface area contributed by atoms with Crippen LogP contribution >= 0.6 is 0 Å². The molecule has 0 aliphatic carbocycles. The molecule has 0 saturated carbocycles. The Morgan fingerprint density at radius 2 is 2.13 bits per heavy atom. The van der Waals surface area contributed by atoms with Gasteiger partial charge < -0.3 is 9.88 Å². The molecule has 0 unspecified atom stereocenters. The average Bonchev–Trinajstić information content (AvgIpc) is 2.53. The summed E-state index contributed by atoms with van der Waals surface area (Å²) in [4.78, 5) is 16.9. The van der Waals surface area contributed by atoms with Crippen LogP contribution < -0.4 is 0 Å². The number of unbranched alkanes of at least 4 members (excludes halogenated alkanes) is 1. The highest BCUT2D eigenvalue weighted by Crippen LogP contribution is 2.11. The summed E-state index contributed by atoms with van der Waals surface area (Å²) in [5.41, 5.74) is 2.80. The van der Waals surface area contributed by atoms with Crippen molar-refractivity contribution in [3.05, 3.63) is 23.0 Å². The van der Waals surface area contributed by atoms with Gasteiger partial charge in [0.15, 0.2) is 0 Å². The maximum absolute atomic E-state index is 12.0. The molecule has 15 heavy (non-hydrogen) atoms. The van der Waals surface area contributed by atoms with Crippen LogP contribution in [0.4, 0.5) is 0 Å². The summed E-state index contributed by atoms with van der Waals surface area (Å²) < 4.78 is 0. The second-order valence-electron chi connectivity index (χ2n) is 4.07. The zero-order chi connectivity index (χ0) is 11.4. The molecule has 1 rings (SSSR count). The molecule has 1 aromatic rings. The van der Waals surface area contributed by atoms with Crippen molar-refractivity contribution < 1.29 is 4.79 Å². The third kappa shape index (κ3) is 2.85. The average molecular weight is 208 g/mol. The van der Waals surface area contributed by atoms with Gasteiger partial charge in [-0.1, -0.05) is 13.3 Å². The molecule has 0 aliphatic rings. The fourth-order valence-electron chi connectivity index (χ4n) is 1.65. The van der Waals surface area contributed by atoms with Crippen LogP contribution in [0.5, 0.6) is 0 Å². The number of aryl methyl sites for hydroxylation is 2. The molecule has 0 fully saturated rings. The minimum atomic E-state index is 0.116. The van der Waals surface area contributed by atoms with E-state index in [9.17, 15) is 4.79 Å². The lowest BCUT2D eigenvalue weighted by molar-refractivity contribution is 0.0792. The Bertz CT molecular complexity index is 341. The predicted molar refractivity (Wildman–Crippen MR) is 62.1 cm³/mol. The first-order valence-corrected chi connectivity index (χ1v) is 5.48. The van der Waals surface area contributed by atoms with Gasteiger partial charge in [0.1, 0.15) is 0 Å². The van der Waals surface area contributed by atoms with Crippen molar-refractivity contribution in [3.63, 3.8) is 0 Å². The highest BCUT2D eigenvalue weighted by molar-refractivity contribution is 5.95. The molecule has 1 N–H and O–H groups in total. The first-order valence-electron chi connectivity index (χ1n) is 5.48. The van der Waals surface area contributed by atoms with Crippen LogP contribution in [0.25, 0.3) is 0 Å². The number of hydrogen-bond acceptors (Lipinski definition) is 1. The molecule has 0 aliphatic heterocycles. The van der Waals surface area contributed by atoms with E-state index in [2.05, 4.69) is 11.9 Å². The molecule has 1 amide bonds. The van der Waals surface area contributed by atoms with E-state index >= 15 is 0 Å². The van der Waals surface area contributed by atoms with E-state index in [1.807, 2.05) is 27.0 Å². The topological polar surface area (TPSA) is 36.1 Å². The molecular formula is C12H20N2O. The summed E-state index contributed by atoms with van der Waals surface area (Å²) in [6.45, 7) is 6.87. The molecule has 0 atom stereocenters. The third-order valence-corrected chi connectivity index (χ3v) is 2.57. The zero-order valence-corrected chi connectivity index (χ0v) is 10.1. The zero-order valence-electron chi connectivity index (χ0n) is 10.1. The summed E-state index contributed by atoms with van der Waals surface area (Å²) in [5, 5.41) is 0. The predicted octanol–water partition coefficient (Wildman–Crippen LogP) is 2.50. The van der Waals surface area contributed by atoms with E-state index in [1.165, 1.54) is 0 Å². The van der Waals surface area contributed by atoms with Crippen LogP contribution in [-0.2, 0) is 0 Å². The SMILES string of the molecule is CCCCN(C)C(=O)c1cc(C)[nH]c1C. The molecule has 0 saturated heterocycles. The summed E-state index contributed by atoms with van der Waals surface area (Å²) in [6, 6.07) is 1.92. The van der Waals surface area contributed by atoms with Crippen molar-refractivity contribution in [2.75, 3.05) is 13.6 Å². The molecule has 1 heterocycles. The van der Waals surface area contributed by atoms with Crippen LogP contribution in [0, 0.1) is 13.8 Å². The van der Waals surface area contributed by atoms with E-state index in [0.29, 0.717) is 0 Å². The molecule has 0 radical (unpaired) electrons. The Balaban J connectivity index is 2.71. The summed E-state index contributed by atoms with van der Waals surface area (Å²) >= 11 is 0. The van der Waals surface area contributed by atoms with Gasteiger partial charge in [-0.2, -0.15) is 0 Å². The van der Waals surface area contributed by atoms with Gasteiger partial charge in [-0.3, -0.25) is 4.79 Å². The Hall–Kier alpha value is -1.25. The smallest absolute Gasteiger partial charge is 0.255 e. The molecular weight excluding hydrogens is 188 g/mol. The minimum absolute atomic E-state index is 0.116. The lowest BCUT2D eigenvalue weighted by atomic mass is 10.2. The number of aromatic amines is 1. The summed E-state index contributed by atoms with van der Waals surface area (Å²) in [6.07, 6.45) is 2.17. The van der Waals surface area contributed by atoms with Gasteiger partial charge in [-0.05, 0) is 26.3 Å². The standard InChI is InChI=1S/C12H20N2O/c1-5-6-7-14(4)12(15)11-8-9(2)13-10(11)3/h8,13H,5-7H2,1-4H3. The Labute approximate surface area is 91.5 Å². The van der Waals surface area contributed by atoms with Crippen LogP contribution in [0.3, 0.4) is 0 Å². The van der Waals surface area contributed by atoms with Gasteiger partial charge in [0.25, 0.3) is 5.91 Å². The van der Waals surface area contributed by atoms with Crippen molar-refractivity contribution in [2.24, 2.45) is 0 Å². The van der Waals surface area contributed by atoms with Gasteiger partial charge in [0.2, 0.25) is 0 Å². The van der Waals surface area contributed by atoms with Crippen molar-refractivity contribution in [1.29, 1.82) is 0 Å². The molecule has 84 valence electrons.